The Morgan fingerprint density at radius 2 is 1.90 bits per heavy atom. The van der Waals surface area contributed by atoms with Crippen molar-refractivity contribution >= 4 is 45.6 Å². The highest BCUT2D eigenvalue weighted by Crippen LogP contribution is 2.35. The fourth-order valence-corrected chi connectivity index (χ4v) is 3.73. The third-order valence-electron chi connectivity index (χ3n) is 5.36. The number of carbonyl (C=O) groups is 1. The van der Waals surface area contributed by atoms with Crippen molar-refractivity contribution in [2.45, 2.75) is 6.61 Å². The molecule has 2 N–H and O–H groups in total. The molecule has 11 heteroatoms. The lowest BCUT2D eigenvalue weighted by Gasteiger charge is -2.15. The van der Waals surface area contributed by atoms with E-state index in [9.17, 15) is 4.79 Å². The Kier molecular flexibility index (Phi) is 9.49. The maximum atomic E-state index is 12.5. The second kappa shape index (κ2) is 13.4. The van der Waals surface area contributed by atoms with Crippen LogP contribution in [0.5, 0.6) is 11.5 Å². The first kappa shape index (κ1) is 27.6. The molecule has 0 spiro atoms. The molecule has 0 aliphatic heterocycles. The van der Waals surface area contributed by atoms with Crippen LogP contribution in [0, 0.1) is 0 Å². The van der Waals surface area contributed by atoms with Crippen LogP contribution in [0.15, 0.2) is 73.3 Å². The van der Waals surface area contributed by atoms with E-state index >= 15 is 0 Å². The molecule has 2 aromatic carbocycles. The number of nitrogens with zero attached hydrogens (tertiary/aromatic N) is 4. The lowest BCUT2D eigenvalue weighted by molar-refractivity contribution is -0.112. The minimum Gasteiger partial charge on any atom is -0.489 e. The van der Waals surface area contributed by atoms with Crippen LogP contribution < -0.4 is 20.1 Å². The molecule has 0 aliphatic rings. The number of amides is 1. The minimum absolute atomic E-state index is 0.302. The molecule has 0 radical (unpaired) electrons. The quantitative estimate of drug-likeness (QED) is 0.186. The topological polar surface area (TPSA) is 111 Å². The minimum atomic E-state index is -0.306. The number of nitrogens with one attached hydrogen (secondary N) is 2. The summed E-state index contributed by atoms with van der Waals surface area (Å²) in [6.07, 6.45) is 6.26. The Morgan fingerprint density at radius 3 is 2.64 bits per heavy atom. The normalized spacial score (nSPS) is 11.0. The van der Waals surface area contributed by atoms with Crippen molar-refractivity contribution in [3.8, 4) is 11.5 Å². The van der Waals surface area contributed by atoms with Gasteiger partial charge >= 0.3 is 0 Å². The van der Waals surface area contributed by atoms with Crippen LogP contribution in [0.1, 0.15) is 5.69 Å². The van der Waals surface area contributed by atoms with Crippen LogP contribution in [0.2, 0.25) is 5.02 Å². The predicted molar refractivity (Wildman–Crippen MR) is 152 cm³/mol. The monoisotopic (exact) mass is 548 g/mol. The van der Waals surface area contributed by atoms with Gasteiger partial charge in [0.05, 0.1) is 28.5 Å². The Morgan fingerprint density at radius 1 is 1.03 bits per heavy atom. The summed E-state index contributed by atoms with van der Waals surface area (Å²) in [4.78, 5) is 27.4. The third kappa shape index (κ3) is 7.79. The van der Waals surface area contributed by atoms with Crippen molar-refractivity contribution < 1.29 is 19.0 Å². The molecule has 0 aliphatic carbocycles. The standard InChI is InChI=1S/C28H29ClN6O4/c1-35(2)11-9-27(36)34-24-15-21-23(16-26(24)38-13-12-37-3)31-18-32-28(21)33-19-7-8-25(22(29)14-19)39-17-20-6-4-5-10-30-20/h4-11,14-16,18H,12-13,17H2,1-3H3,(H,34,36)(H,31,32,33)/b11-9+. The molecule has 0 saturated heterocycles. The molecule has 1 amide bonds. The van der Waals surface area contributed by atoms with Crippen molar-refractivity contribution in [1.29, 1.82) is 0 Å². The van der Waals surface area contributed by atoms with E-state index in [1.54, 1.807) is 48.7 Å². The SMILES string of the molecule is COCCOc1cc2ncnc(Nc3ccc(OCc4ccccn4)c(Cl)c3)c2cc1NC(=O)/C=C/N(C)C. The molecular weight excluding hydrogens is 520 g/mol. The van der Waals surface area contributed by atoms with Gasteiger partial charge in [0.25, 0.3) is 0 Å². The van der Waals surface area contributed by atoms with E-state index < -0.39 is 0 Å². The number of ether oxygens (including phenoxy) is 3. The summed E-state index contributed by atoms with van der Waals surface area (Å²) in [7, 11) is 5.26. The number of hydrogen-bond acceptors (Lipinski definition) is 9. The summed E-state index contributed by atoms with van der Waals surface area (Å²) in [5.74, 6) is 1.22. The number of fused-ring (bicyclic) bond motifs is 1. The molecular formula is C28H29ClN6O4. The first-order valence-electron chi connectivity index (χ1n) is 12.1. The number of halogens is 1. The smallest absolute Gasteiger partial charge is 0.249 e. The average Bonchev–Trinajstić information content (AvgIpc) is 2.93. The van der Waals surface area contributed by atoms with E-state index in [2.05, 4.69) is 25.6 Å². The molecule has 0 saturated carbocycles. The summed E-state index contributed by atoms with van der Waals surface area (Å²) in [5.41, 5.74) is 2.60. The molecule has 0 atom stereocenters. The molecule has 0 unspecified atom stereocenters. The van der Waals surface area contributed by atoms with E-state index in [1.807, 2.05) is 38.4 Å². The van der Waals surface area contributed by atoms with Gasteiger partial charge in [-0.05, 0) is 36.4 Å². The number of carbonyl (C=O) groups excluding carboxylic acids is 1. The van der Waals surface area contributed by atoms with Gasteiger partial charge in [0.15, 0.2) is 0 Å². The number of aromatic nitrogens is 3. The summed E-state index contributed by atoms with van der Waals surface area (Å²) in [6, 6.07) is 14.5. The molecule has 10 nitrogen and oxygen atoms in total. The highest BCUT2D eigenvalue weighted by molar-refractivity contribution is 6.32. The van der Waals surface area contributed by atoms with Crippen molar-refractivity contribution in [1.82, 2.24) is 19.9 Å². The van der Waals surface area contributed by atoms with E-state index in [0.29, 0.717) is 64.4 Å². The number of benzene rings is 2. The fourth-order valence-electron chi connectivity index (χ4n) is 3.49. The fraction of sp³-hybridized carbons (Fsp3) is 0.214. The average molecular weight is 549 g/mol. The van der Waals surface area contributed by atoms with Crippen LogP contribution in [-0.2, 0) is 16.1 Å². The van der Waals surface area contributed by atoms with Gasteiger partial charge in [-0.1, -0.05) is 17.7 Å². The molecule has 202 valence electrons. The van der Waals surface area contributed by atoms with Gasteiger partial charge in [0.1, 0.15) is 36.9 Å². The molecule has 39 heavy (non-hydrogen) atoms. The van der Waals surface area contributed by atoms with Gasteiger partial charge in [-0.15, -0.1) is 0 Å². The number of methoxy groups -OCH3 is 1. The zero-order chi connectivity index (χ0) is 27.6. The van der Waals surface area contributed by atoms with Crippen molar-refractivity contribution in [3.63, 3.8) is 0 Å². The van der Waals surface area contributed by atoms with E-state index in [1.165, 1.54) is 12.4 Å². The predicted octanol–water partition coefficient (Wildman–Crippen LogP) is 5.04. The number of pyridine rings is 1. The van der Waals surface area contributed by atoms with Crippen molar-refractivity contribution in [2.75, 3.05) is 45.1 Å². The van der Waals surface area contributed by atoms with Crippen molar-refractivity contribution in [2.24, 2.45) is 0 Å². The van der Waals surface area contributed by atoms with Crippen LogP contribution >= 0.6 is 11.6 Å². The molecule has 0 fully saturated rings. The number of anilines is 3. The van der Waals surface area contributed by atoms with E-state index in [0.717, 1.165) is 5.69 Å². The van der Waals surface area contributed by atoms with Gasteiger partial charge in [-0.25, -0.2) is 9.97 Å². The lowest BCUT2D eigenvalue weighted by atomic mass is 10.1. The van der Waals surface area contributed by atoms with E-state index in [4.69, 9.17) is 25.8 Å². The van der Waals surface area contributed by atoms with Gasteiger partial charge in [-0.2, -0.15) is 0 Å². The lowest BCUT2D eigenvalue weighted by Crippen LogP contribution is -2.13. The Balaban J connectivity index is 1.58. The molecule has 4 aromatic rings. The molecule has 2 aromatic heterocycles. The first-order chi connectivity index (χ1) is 18.9. The van der Waals surface area contributed by atoms with Crippen molar-refractivity contribution in [3.05, 3.63) is 84.0 Å². The maximum Gasteiger partial charge on any atom is 0.249 e. The van der Waals surface area contributed by atoms with Gasteiger partial charge in [0.2, 0.25) is 5.91 Å². The molecule has 2 heterocycles. The van der Waals surface area contributed by atoms with E-state index in [-0.39, 0.29) is 5.91 Å². The zero-order valence-electron chi connectivity index (χ0n) is 21.8. The molecule has 0 bridgehead atoms. The zero-order valence-corrected chi connectivity index (χ0v) is 22.6. The number of rotatable bonds is 12. The molecule has 4 rings (SSSR count). The highest BCUT2D eigenvalue weighted by atomic mass is 35.5. The Bertz CT molecular complexity index is 1450. The van der Waals surface area contributed by atoms with Crippen LogP contribution in [0.4, 0.5) is 17.2 Å². The van der Waals surface area contributed by atoms with Crippen LogP contribution in [0.25, 0.3) is 10.9 Å². The summed E-state index contributed by atoms with van der Waals surface area (Å²) in [6.45, 7) is 1.00. The van der Waals surface area contributed by atoms with Crippen LogP contribution in [-0.4, -0.2) is 60.2 Å². The maximum absolute atomic E-state index is 12.5. The summed E-state index contributed by atoms with van der Waals surface area (Å²) in [5, 5.41) is 7.27. The van der Waals surface area contributed by atoms with Gasteiger partial charge in [-0.3, -0.25) is 9.78 Å². The second-order valence-corrected chi connectivity index (χ2v) is 8.98. The first-order valence-corrected chi connectivity index (χ1v) is 12.5. The third-order valence-corrected chi connectivity index (χ3v) is 5.66. The van der Waals surface area contributed by atoms with Gasteiger partial charge < -0.3 is 29.7 Å². The second-order valence-electron chi connectivity index (χ2n) is 8.58. The number of hydrogen-bond donors (Lipinski definition) is 2. The van der Waals surface area contributed by atoms with Crippen LogP contribution in [0.3, 0.4) is 0 Å². The Hall–Kier alpha value is -4.41. The largest absolute Gasteiger partial charge is 0.489 e. The highest BCUT2D eigenvalue weighted by Gasteiger charge is 2.14. The summed E-state index contributed by atoms with van der Waals surface area (Å²) < 4.78 is 16.8. The van der Waals surface area contributed by atoms with Gasteiger partial charge in [0, 0.05) is 56.8 Å². The Labute approximate surface area is 231 Å². The summed E-state index contributed by atoms with van der Waals surface area (Å²) >= 11 is 6.49.